The summed E-state index contributed by atoms with van der Waals surface area (Å²) in [7, 11) is 0. The highest BCUT2D eigenvalue weighted by Crippen LogP contribution is 2.24. The minimum atomic E-state index is -0.656. The van der Waals surface area contributed by atoms with Crippen LogP contribution >= 0.6 is 23.4 Å². The average molecular weight is 317 g/mol. The van der Waals surface area contributed by atoms with Gasteiger partial charge < -0.3 is 9.15 Å². The van der Waals surface area contributed by atoms with Gasteiger partial charge in [0, 0.05) is 5.75 Å². The lowest BCUT2D eigenvalue weighted by molar-refractivity contribution is 0.0475. The summed E-state index contributed by atoms with van der Waals surface area (Å²) in [5.41, 5.74) is 0.803. The smallest absolute Gasteiger partial charge is 0.396 e. The van der Waals surface area contributed by atoms with E-state index in [1.165, 1.54) is 23.9 Å². The van der Waals surface area contributed by atoms with Crippen LogP contribution in [-0.2, 0) is 10.5 Å². The molecule has 20 heavy (non-hydrogen) atoms. The van der Waals surface area contributed by atoms with Crippen LogP contribution in [0.2, 0.25) is 5.02 Å². The normalized spacial score (nSPS) is 10.6. The van der Waals surface area contributed by atoms with Gasteiger partial charge in [-0.25, -0.2) is 9.18 Å². The van der Waals surface area contributed by atoms with Gasteiger partial charge in [-0.3, -0.25) is 0 Å². The lowest BCUT2D eigenvalue weighted by atomic mass is 10.2. The number of hydrogen-bond acceptors (Lipinski definition) is 6. The van der Waals surface area contributed by atoms with Gasteiger partial charge in [0.25, 0.3) is 5.22 Å². The minimum Gasteiger partial charge on any atom is -0.459 e. The molecule has 0 aliphatic carbocycles. The number of halogens is 2. The average Bonchev–Trinajstić information content (AvgIpc) is 2.89. The largest absolute Gasteiger partial charge is 0.459 e. The highest BCUT2D eigenvalue weighted by molar-refractivity contribution is 7.98. The fourth-order valence-corrected chi connectivity index (χ4v) is 2.23. The number of carbonyl (C=O) groups is 1. The summed E-state index contributed by atoms with van der Waals surface area (Å²) in [5, 5.41) is 7.58. The number of thioether (sulfide) groups is 1. The number of aromatic nitrogens is 2. The van der Waals surface area contributed by atoms with Crippen molar-refractivity contribution in [2.45, 2.75) is 17.9 Å². The number of ether oxygens (including phenoxy) is 1. The van der Waals surface area contributed by atoms with Crippen molar-refractivity contribution in [1.82, 2.24) is 10.2 Å². The minimum absolute atomic E-state index is 0.0563. The summed E-state index contributed by atoms with van der Waals surface area (Å²) >= 11 is 6.89. The Balaban J connectivity index is 1.97. The Morgan fingerprint density at radius 1 is 1.50 bits per heavy atom. The molecule has 5 nitrogen and oxygen atoms in total. The maximum absolute atomic E-state index is 13.0. The first-order chi connectivity index (χ1) is 9.60. The molecule has 0 radical (unpaired) electrons. The highest BCUT2D eigenvalue weighted by Gasteiger charge is 2.16. The molecule has 0 aliphatic rings. The summed E-state index contributed by atoms with van der Waals surface area (Å²) in [6.07, 6.45) is 0. The van der Waals surface area contributed by atoms with Crippen LogP contribution in [0.5, 0.6) is 0 Å². The first-order valence-electron chi connectivity index (χ1n) is 5.67. The van der Waals surface area contributed by atoms with Crippen molar-refractivity contribution in [2.75, 3.05) is 6.61 Å². The second kappa shape index (κ2) is 6.71. The summed E-state index contributed by atoms with van der Waals surface area (Å²) in [4.78, 5) is 11.3. The number of carbonyl (C=O) groups excluding carboxylic acids is 1. The Morgan fingerprint density at radius 2 is 2.30 bits per heavy atom. The zero-order chi connectivity index (χ0) is 14.5. The number of hydrogen-bond donors (Lipinski definition) is 0. The van der Waals surface area contributed by atoms with Crippen LogP contribution in [0.25, 0.3) is 0 Å². The first kappa shape index (κ1) is 14.8. The van der Waals surface area contributed by atoms with Gasteiger partial charge in [0.05, 0.1) is 11.6 Å². The van der Waals surface area contributed by atoms with Crippen molar-refractivity contribution in [1.29, 1.82) is 0 Å². The van der Waals surface area contributed by atoms with Crippen LogP contribution in [0, 0.1) is 5.82 Å². The van der Waals surface area contributed by atoms with Crippen molar-refractivity contribution in [3.8, 4) is 0 Å². The van der Waals surface area contributed by atoms with Gasteiger partial charge >= 0.3 is 11.9 Å². The first-order valence-corrected chi connectivity index (χ1v) is 7.04. The SMILES string of the molecule is CCOC(=O)c1nnc(SCc2ccc(F)c(Cl)c2)o1. The Hall–Kier alpha value is -1.60. The van der Waals surface area contributed by atoms with E-state index >= 15 is 0 Å². The molecule has 0 unspecified atom stereocenters. The van der Waals surface area contributed by atoms with Crippen LogP contribution in [0.4, 0.5) is 4.39 Å². The van der Waals surface area contributed by atoms with E-state index in [-0.39, 0.29) is 22.7 Å². The second-order valence-corrected chi connectivity index (χ2v) is 4.96. The number of rotatable bonds is 5. The van der Waals surface area contributed by atoms with E-state index in [0.717, 1.165) is 5.56 Å². The van der Waals surface area contributed by atoms with Gasteiger partial charge in [-0.15, -0.1) is 5.10 Å². The van der Waals surface area contributed by atoms with Gasteiger partial charge in [0.2, 0.25) is 0 Å². The van der Waals surface area contributed by atoms with Crippen molar-refractivity contribution in [2.24, 2.45) is 0 Å². The van der Waals surface area contributed by atoms with Gasteiger partial charge in [-0.05, 0) is 24.6 Å². The number of nitrogens with zero attached hydrogens (tertiary/aromatic N) is 2. The standard InChI is InChI=1S/C12H10ClFN2O3S/c1-2-18-11(17)10-15-16-12(19-10)20-6-7-3-4-9(14)8(13)5-7/h3-5H,2,6H2,1H3. The van der Waals surface area contributed by atoms with Crippen LogP contribution < -0.4 is 0 Å². The molecular formula is C12H10ClFN2O3S. The molecular weight excluding hydrogens is 307 g/mol. The van der Waals surface area contributed by atoms with Crippen LogP contribution in [0.3, 0.4) is 0 Å². The van der Waals surface area contributed by atoms with E-state index in [1.54, 1.807) is 13.0 Å². The Bertz CT molecular complexity index is 620. The summed E-state index contributed by atoms with van der Waals surface area (Å²) in [6, 6.07) is 4.42. The van der Waals surface area contributed by atoms with Crippen LogP contribution in [0.1, 0.15) is 23.2 Å². The molecule has 0 amide bonds. The summed E-state index contributed by atoms with van der Waals surface area (Å²) < 4.78 is 22.9. The molecule has 0 spiro atoms. The number of esters is 1. The van der Waals surface area contributed by atoms with Gasteiger partial charge in [0.15, 0.2) is 0 Å². The fourth-order valence-electron chi connectivity index (χ4n) is 1.32. The molecule has 0 atom stereocenters. The third kappa shape index (κ3) is 3.71. The Labute approximate surface area is 123 Å². The maximum Gasteiger partial charge on any atom is 0.396 e. The molecule has 0 saturated carbocycles. The molecule has 0 saturated heterocycles. The molecule has 1 heterocycles. The molecule has 0 aliphatic heterocycles. The predicted molar refractivity (Wildman–Crippen MR) is 71.2 cm³/mol. The number of benzene rings is 1. The molecule has 2 aromatic rings. The van der Waals surface area contributed by atoms with Gasteiger partial charge in [0.1, 0.15) is 5.82 Å². The zero-order valence-electron chi connectivity index (χ0n) is 10.4. The van der Waals surface area contributed by atoms with Crippen molar-refractivity contribution in [3.63, 3.8) is 0 Å². The third-order valence-electron chi connectivity index (χ3n) is 2.20. The maximum atomic E-state index is 13.0. The quantitative estimate of drug-likeness (QED) is 0.622. The predicted octanol–water partition coefficient (Wildman–Crippen LogP) is 3.33. The summed E-state index contributed by atoms with van der Waals surface area (Å²) in [6.45, 7) is 1.92. The highest BCUT2D eigenvalue weighted by atomic mass is 35.5. The molecule has 0 bridgehead atoms. The van der Waals surface area contributed by atoms with E-state index in [1.807, 2.05) is 0 Å². The van der Waals surface area contributed by atoms with Crippen molar-refractivity contribution >= 4 is 29.3 Å². The van der Waals surface area contributed by atoms with E-state index in [4.69, 9.17) is 20.8 Å². The molecule has 0 N–H and O–H groups in total. The lowest BCUT2D eigenvalue weighted by Crippen LogP contribution is -2.04. The zero-order valence-corrected chi connectivity index (χ0v) is 12.0. The fraction of sp³-hybridized carbons (Fsp3) is 0.250. The lowest BCUT2D eigenvalue weighted by Gasteiger charge is -2.00. The van der Waals surface area contributed by atoms with Crippen molar-refractivity contribution in [3.05, 3.63) is 40.5 Å². The Kier molecular flexibility index (Phi) is 4.97. The van der Waals surface area contributed by atoms with E-state index in [2.05, 4.69) is 10.2 Å². The van der Waals surface area contributed by atoms with Crippen molar-refractivity contribution < 1.29 is 18.3 Å². The molecule has 8 heteroatoms. The summed E-state index contributed by atoms with van der Waals surface area (Å²) in [5.74, 6) is -0.851. The van der Waals surface area contributed by atoms with Crippen LogP contribution in [-0.4, -0.2) is 22.8 Å². The monoisotopic (exact) mass is 316 g/mol. The Morgan fingerprint density at radius 3 is 3.00 bits per heavy atom. The van der Waals surface area contributed by atoms with E-state index < -0.39 is 11.8 Å². The molecule has 1 aromatic heterocycles. The second-order valence-electron chi connectivity index (χ2n) is 3.63. The topological polar surface area (TPSA) is 65.2 Å². The molecule has 0 fully saturated rings. The molecule has 1 aromatic carbocycles. The molecule has 2 rings (SSSR count). The van der Waals surface area contributed by atoms with Gasteiger partial charge in [-0.2, -0.15) is 0 Å². The third-order valence-corrected chi connectivity index (χ3v) is 3.38. The molecule has 106 valence electrons. The van der Waals surface area contributed by atoms with E-state index in [9.17, 15) is 9.18 Å². The van der Waals surface area contributed by atoms with Gasteiger partial charge in [-0.1, -0.05) is 34.5 Å². The van der Waals surface area contributed by atoms with Crippen LogP contribution in [0.15, 0.2) is 27.8 Å². The van der Waals surface area contributed by atoms with E-state index in [0.29, 0.717) is 5.75 Å².